The fourth-order valence-corrected chi connectivity index (χ4v) is 3.01. The van der Waals surface area contributed by atoms with E-state index in [0.717, 1.165) is 25.2 Å². The molecule has 0 radical (unpaired) electrons. The SMILES string of the molecule is CCCC(N)C(=O)Nc1ccc(NC(=O)CN2CCCCCC2)cc1.Cl. The lowest BCUT2D eigenvalue weighted by atomic mass is 10.1. The Morgan fingerprint density at radius 3 is 2.12 bits per heavy atom. The minimum atomic E-state index is -0.488. The van der Waals surface area contributed by atoms with Gasteiger partial charge < -0.3 is 16.4 Å². The van der Waals surface area contributed by atoms with Crippen molar-refractivity contribution in [1.82, 2.24) is 4.90 Å². The third-order valence-electron chi connectivity index (χ3n) is 4.44. The maximum absolute atomic E-state index is 12.2. The number of nitrogens with one attached hydrogen (secondary N) is 2. The van der Waals surface area contributed by atoms with Crippen molar-refractivity contribution in [3.63, 3.8) is 0 Å². The van der Waals surface area contributed by atoms with Crippen molar-refractivity contribution in [3.8, 4) is 0 Å². The zero-order chi connectivity index (χ0) is 18.1. The minimum Gasteiger partial charge on any atom is -0.325 e. The van der Waals surface area contributed by atoms with Gasteiger partial charge in [-0.25, -0.2) is 0 Å². The molecule has 1 atom stereocenters. The molecule has 6 nitrogen and oxygen atoms in total. The number of benzene rings is 1. The first kappa shape index (κ1) is 22.4. The summed E-state index contributed by atoms with van der Waals surface area (Å²) in [7, 11) is 0. The van der Waals surface area contributed by atoms with Crippen LogP contribution in [0.2, 0.25) is 0 Å². The van der Waals surface area contributed by atoms with Gasteiger partial charge in [-0.1, -0.05) is 26.2 Å². The maximum atomic E-state index is 12.2. The lowest BCUT2D eigenvalue weighted by Crippen LogP contribution is -2.35. The van der Waals surface area contributed by atoms with Crippen LogP contribution < -0.4 is 16.4 Å². The van der Waals surface area contributed by atoms with Crippen molar-refractivity contribution in [2.75, 3.05) is 30.3 Å². The van der Waals surface area contributed by atoms with Gasteiger partial charge in [-0.3, -0.25) is 14.5 Å². The Morgan fingerprint density at radius 2 is 1.58 bits per heavy atom. The first-order valence-electron chi connectivity index (χ1n) is 9.27. The van der Waals surface area contributed by atoms with Gasteiger partial charge in [0.2, 0.25) is 11.8 Å². The van der Waals surface area contributed by atoms with Crippen molar-refractivity contribution >= 4 is 35.6 Å². The number of rotatable bonds is 7. The van der Waals surface area contributed by atoms with Gasteiger partial charge in [-0.15, -0.1) is 12.4 Å². The predicted molar refractivity (Wildman–Crippen MR) is 109 cm³/mol. The van der Waals surface area contributed by atoms with Crippen LogP contribution in [0.25, 0.3) is 0 Å². The summed E-state index contributed by atoms with van der Waals surface area (Å²) in [5.74, 6) is -0.177. The van der Waals surface area contributed by atoms with E-state index in [4.69, 9.17) is 5.73 Å². The molecule has 26 heavy (non-hydrogen) atoms. The molecule has 2 rings (SSSR count). The molecular formula is C19H31ClN4O2. The van der Waals surface area contributed by atoms with Crippen molar-refractivity contribution in [2.45, 2.75) is 51.5 Å². The number of carbonyl (C=O) groups excluding carboxylic acids is 2. The first-order valence-corrected chi connectivity index (χ1v) is 9.27. The van der Waals surface area contributed by atoms with E-state index in [0.29, 0.717) is 18.7 Å². The molecule has 0 saturated carbocycles. The van der Waals surface area contributed by atoms with Crippen LogP contribution in [0.1, 0.15) is 45.4 Å². The highest BCUT2D eigenvalue weighted by Gasteiger charge is 2.14. The molecule has 2 amide bonds. The number of amides is 2. The first-order chi connectivity index (χ1) is 12.1. The van der Waals surface area contributed by atoms with Crippen molar-refractivity contribution in [2.24, 2.45) is 5.73 Å². The topological polar surface area (TPSA) is 87.5 Å². The summed E-state index contributed by atoms with van der Waals surface area (Å²) in [5, 5.41) is 5.71. The molecule has 1 aromatic carbocycles. The maximum Gasteiger partial charge on any atom is 0.241 e. The second-order valence-electron chi connectivity index (χ2n) is 6.70. The lowest BCUT2D eigenvalue weighted by Gasteiger charge is -2.19. The predicted octanol–water partition coefficient (Wildman–Crippen LogP) is 2.99. The third-order valence-corrected chi connectivity index (χ3v) is 4.44. The Hall–Kier alpha value is -1.63. The van der Waals surface area contributed by atoms with Crippen LogP contribution in [-0.2, 0) is 9.59 Å². The number of hydrogen-bond acceptors (Lipinski definition) is 4. The quantitative estimate of drug-likeness (QED) is 0.676. The van der Waals surface area contributed by atoms with E-state index in [1.165, 1.54) is 25.7 Å². The highest BCUT2D eigenvalue weighted by Crippen LogP contribution is 2.15. The van der Waals surface area contributed by atoms with Gasteiger partial charge in [0.05, 0.1) is 12.6 Å². The number of halogens is 1. The normalized spacial score (nSPS) is 16.1. The number of nitrogens with zero attached hydrogens (tertiary/aromatic N) is 1. The van der Waals surface area contributed by atoms with Crippen LogP contribution in [0.3, 0.4) is 0 Å². The van der Waals surface area contributed by atoms with Crippen molar-refractivity contribution in [3.05, 3.63) is 24.3 Å². The number of nitrogens with two attached hydrogens (primary N) is 1. The van der Waals surface area contributed by atoms with Crippen LogP contribution in [0.4, 0.5) is 11.4 Å². The summed E-state index contributed by atoms with van der Waals surface area (Å²) >= 11 is 0. The van der Waals surface area contributed by atoms with Crippen LogP contribution in [0.15, 0.2) is 24.3 Å². The Morgan fingerprint density at radius 1 is 1.04 bits per heavy atom. The number of carbonyl (C=O) groups is 2. The molecule has 146 valence electrons. The molecule has 0 aliphatic carbocycles. The van der Waals surface area contributed by atoms with Gasteiger partial charge in [-0.2, -0.15) is 0 Å². The summed E-state index contributed by atoms with van der Waals surface area (Å²) in [5.41, 5.74) is 7.21. The molecule has 1 aromatic rings. The fourth-order valence-electron chi connectivity index (χ4n) is 3.01. The Labute approximate surface area is 162 Å². The molecule has 1 saturated heterocycles. The lowest BCUT2D eigenvalue weighted by molar-refractivity contribution is -0.118. The van der Waals surface area contributed by atoms with Gasteiger partial charge in [0, 0.05) is 11.4 Å². The minimum absolute atomic E-state index is 0. The summed E-state index contributed by atoms with van der Waals surface area (Å²) < 4.78 is 0. The van der Waals surface area contributed by atoms with Crippen molar-refractivity contribution < 1.29 is 9.59 Å². The number of likely N-dealkylation sites (tertiary alicyclic amines) is 1. The standard InChI is InChI=1S/C19H30N4O2.ClH/c1-2-7-17(20)19(25)22-16-10-8-15(9-11-16)21-18(24)14-23-12-5-3-4-6-13-23;/h8-11,17H,2-7,12-14,20H2,1H3,(H,21,24)(H,22,25);1H. The van der Waals surface area contributed by atoms with Gasteiger partial charge in [-0.05, 0) is 56.6 Å². The molecule has 0 aromatic heterocycles. The molecule has 1 aliphatic rings. The van der Waals surface area contributed by atoms with Crippen LogP contribution in [-0.4, -0.2) is 42.4 Å². The molecule has 0 spiro atoms. The number of anilines is 2. The fraction of sp³-hybridized carbons (Fsp3) is 0.579. The van der Waals surface area contributed by atoms with E-state index in [9.17, 15) is 9.59 Å². The van der Waals surface area contributed by atoms with Gasteiger partial charge >= 0.3 is 0 Å². The van der Waals surface area contributed by atoms with E-state index in [1.807, 2.05) is 6.92 Å². The Balaban J connectivity index is 0.00000338. The molecule has 1 fully saturated rings. The van der Waals surface area contributed by atoms with E-state index >= 15 is 0 Å². The van der Waals surface area contributed by atoms with E-state index in [1.54, 1.807) is 24.3 Å². The monoisotopic (exact) mass is 382 g/mol. The second kappa shape index (κ2) is 11.9. The van der Waals surface area contributed by atoms with E-state index in [-0.39, 0.29) is 24.2 Å². The smallest absolute Gasteiger partial charge is 0.241 e. The summed E-state index contributed by atoms with van der Waals surface area (Å²) in [6.07, 6.45) is 6.39. The zero-order valence-corrected chi connectivity index (χ0v) is 16.3. The average molecular weight is 383 g/mol. The van der Waals surface area contributed by atoms with E-state index < -0.39 is 6.04 Å². The average Bonchev–Trinajstić information content (AvgIpc) is 2.85. The molecule has 4 N–H and O–H groups in total. The number of hydrogen-bond donors (Lipinski definition) is 3. The third kappa shape index (κ3) is 7.72. The molecular weight excluding hydrogens is 352 g/mol. The molecule has 1 heterocycles. The van der Waals surface area contributed by atoms with Crippen LogP contribution >= 0.6 is 12.4 Å². The van der Waals surface area contributed by atoms with E-state index in [2.05, 4.69) is 15.5 Å². The van der Waals surface area contributed by atoms with Crippen LogP contribution in [0, 0.1) is 0 Å². The largest absolute Gasteiger partial charge is 0.325 e. The second-order valence-corrected chi connectivity index (χ2v) is 6.70. The summed E-state index contributed by atoms with van der Waals surface area (Å²) in [4.78, 5) is 26.3. The molecule has 1 aliphatic heterocycles. The Kier molecular flexibility index (Phi) is 10.2. The van der Waals surface area contributed by atoms with Crippen molar-refractivity contribution in [1.29, 1.82) is 0 Å². The van der Waals surface area contributed by atoms with Crippen LogP contribution in [0.5, 0.6) is 0 Å². The van der Waals surface area contributed by atoms with Gasteiger partial charge in [0.15, 0.2) is 0 Å². The molecule has 1 unspecified atom stereocenters. The Bertz CT molecular complexity index is 557. The summed E-state index contributed by atoms with van der Waals surface area (Å²) in [6.45, 7) is 4.42. The molecule has 7 heteroatoms. The highest BCUT2D eigenvalue weighted by atomic mass is 35.5. The summed E-state index contributed by atoms with van der Waals surface area (Å²) in [6, 6.07) is 6.65. The zero-order valence-electron chi connectivity index (χ0n) is 15.5. The van der Waals surface area contributed by atoms with Gasteiger partial charge in [0.1, 0.15) is 0 Å². The highest BCUT2D eigenvalue weighted by molar-refractivity contribution is 5.95. The van der Waals surface area contributed by atoms with Gasteiger partial charge in [0.25, 0.3) is 0 Å². The molecule has 0 bridgehead atoms.